The molecular formula is C16H23ClN2O3S2. The van der Waals surface area contributed by atoms with Crippen LogP contribution in [0.4, 0.5) is 0 Å². The first kappa shape index (κ1) is 18.5. The zero-order valence-corrected chi connectivity index (χ0v) is 16.0. The van der Waals surface area contributed by atoms with E-state index in [0.29, 0.717) is 16.5 Å². The topological polar surface area (TPSA) is 49.9 Å². The van der Waals surface area contributed by atoms with Crippen LogP contribution in [0.1, 0.15) is 6.42 Å². The van der Waals surface area contributed by atoms with Crippen LogP contribution in [-0.2, 0) is 14.8 Å². The summed E-state index contributed by atoms with van der Waals surface area (Å²) in [6, 6.07) is 6.47. The molecule has 0 saturated carbocycles. The van der Waals surface area contributed by atoms with Crippen LogP contribution in [0, 0.1) is 0 Å². The predicted molar refractivity (Wildman–Crippen MR) is 98.3 cm³/mol. The number of thioether (sulfide) groups is 1. The molecule has 1 aromatic rings. The Balaban J connectivity index is 1.81. The molecule has 0 radical (unpaired) electrons. The van der Waals surface area contributed by atoms with Gasteiger partial charge < -0.3 is 4.74 Å². The summed E-state index contributed by atoms with van der Waals surface area (Å²) in [7, 11) is -3.50. The summed E-state index contributed by atoms with van der Waals surface area (Å²) < 4.78 is 33.4. The largest absolute Gasteiger partial charge is 0.379 e. The lowest BCUT2D eigenvalue weighted by Crippen LogP contribution is -2.50. The summed E-state index contributed by atoms with van der Waals surface area (Å²) in [4.78, 5) is 2.63. The van der Waals surface area contributed by atoms with Crippen molar-refractivity contribution in [1.82, 2.24) is 9.21 Å². The first-order valence-electron chi connectivity index (χ1n) is 8.22. The maximum Gasteiger partial charge on any atom is 0.243 e. The molecule has 2 aliphatic rings. The highest BCUT2D eigenvalue weighted by molar-refractivity contribution is 7.99. The standard InChI is InChI=1S/C16H23ClN2O3S2/c17-14-2-4-16(5-3-14)24(20,21)19-6-1-11-23-13-15(19)12-18-7-9-22-10-8-18/h2-5,15H,1,6-13H2/t15-/m0/s1. The third-order valence-electron chi connectivity index (χ3n) is 4.38. The Morgan fingerprint density at radius 2 is 1.88 bits per heavy atom. The average Bonchev–Trinajstić information content (AvgIpc) is 2.82. The molecule has 0 aromatic heterocycles. The van der Waals surface area contributed by atoms with E-state index in [9.17, 15) is 8.42 Å². The zero-order chi connectivity index (χ0) is 17.0. The number of nitrogens with zero attached hydrogens (tertiary/aromatic N) is 2. The molecule has 1 atom stereocenters. The Morgan fingerprint density at radius 1 is 1.17 bits per heavy atom. The fourth-order valence-electron chi connectivity index (χ4n) is 3.09. The molecule has 5 nitrogen and oxygen atoms in total. The quantitative estimate of drug-likeness (QED) is 0.788. The molecule has 2 heterocycles. The molecule has 0 amide bonds. The number of benzene rings is 1. The molecule has 0 N–H and O–H groups in total. The van der Waals surface area contributed by atoms with Crippen molar-refractivity contribution in [3.05, 3.63) is 29.3 Å². The van der Waals surface area contributed by atoms with Crippen LogP contribution in [-0.4, -0.2) is 74.6 Å². The number of ether oxygens (including phenoxy) is 1. The SMILES string of the molecule is O=S(=O)(c1ccc(Cl)cc1)N1CCCSC[C@@H]1CN1CCOCC1. The van der Waals surface area contributed by atoms with Gasteiger partial charge in [0.2, 0.25) is 10.0 Å². The first-order chi connectivity index (χ1) is 11.6. The zero-order valence-electron chi connectivity index (χ0n) is 13.6. The van der Waals surface area contributed by atoms with Crippen molar-refractivity contribution in [2.75, 3.05) is 50.9 Å². The molecule has 2 fully saturated rings. The molecule has 2 aliphatic heterocycles. The molecule has 0 spiro atoms. The third kappa shape index (κ3) is 4.45. The van der Waals surface area contributed by atoms with Crippen LogP contribution in [0.2, 0.25) is 5.02 Å². The van der Waals surface area contributed by atoms with Crippen molar-refractivity contribution in [2.24, 2.45) is 0 Å². The van der Waals surface area contributed by atoms with E-state index >= 15 is 0 Å². The van der Waals surface area contributed by atoms with Crippen LogP contribution < -0.4 is 0 Å². The van der Waals surface area contributed by atoms with Gasteiger partial charge in [0.1, 0.15) is 0 Å². The normalized spacial score (nSPS) is 24.6. The minimum Gasteiger partial charge on any atom is -0.379 e. The molecule has 0 aliphatic carbocycles. The highest BCUT2D eigenvalue weighted by Crippen LogP contribution is 2.26. The van der Waals surface area contributed by atoms with E-state index in [2.05, 4.69) is 4.90 Å². The summed E-state index contributed by atoms with van der Waals surface area (Å²) >= 11 is 7.75. The minimum atomic E-state index is -3.50. The fraction of sp³-hybridized carbons (Fsp3) is 0.625. The van der Waals surface area contributed by atoms with Crippen LogP contribution >= 0.6 is 23.4 Å². The molecule has 0 unspecified atom stereocenters. The van der Waals surface area contributed by atoms with Crippen molar-refractivity contribution >= 4 is 33.4 Å². The number of hydrogen-bond donors (Lipinski definition) is 0. The second kappa shape index (κ2) is 8.38. The maximum atomic E-state index is 13.1. The Bertz CT molecular complexity index is 633. The predicted octanol–water partition coefficient (Wildman–Crippen LogP) is 2.17. The van der Waals surface area contributed by atoms with Crippen molar-refractivity contribution in [3.63, 3.8) is 0 Å². The van der Waals surface area contributed by atoms with Gasteiger partial charge in [0.05, 0.1) is 18.1 Å². The number of rotatable bonds is 4. The summed E-state index contributed by atoms with van der Waals surface area (Å²) in [6.45, 7) is 4.54. The molecule has 8 heteroatoms. The summed E-state index contributed by atoms with van der Waals surface area (Å²) in [5.74, 6) is 1.84. The van der Waals surface area contributed by atoms with E-state index in [-0.39, 0.29) is 6.04 Å². The van der Waals surface area contributed by atoms with E-state index in [0.717, 1.165) is 50.8 Å². The molecule has 24 heavy (non-hydrogen) atoms. The third-order valence-corrected chi connectivity index (χ3v) is 7.79. The van der Waals surface area contributed by atoms with Gasteiger partial charge in [-0.1, -0.05) is 11.6 Å². The monoisotopic (exact) mass is 390 g/mol. The van der Waals surface area contributed by atoms with E-state index in [1.807, 2.05) is 11.8 Å². The minimum absolute atomic E-state index is 0.00345. The number of halogens is 1. The number of morpholine rings is 1. The lowest BCUT2D eigenvalue weighted by Gasteiger charge is -2.35. The van der Waals surface area contributed by atoms with E-state index in [4.69, 9.17) is 16.3 Å². The Labute approximate surface area is 153 Å². The second-order valence-electron chi connectivity index (χ2n) is 6.06. The van der Waals surface area contributed by atoms with Crippen molar-refractivity contribution in [2.45, 2.75) is 17.4 Å². The second-order valence-corrected chi connectivity index (χ2v) is 9.54. The van der Waals surface area contributed by atoms with Crippen LogP contribution in [0.3, 0.4) is 0 Å². The van der Waals surface area contributed by atoms with Crippen molar-refractivity contribution < 1.29 is 13.2 Å². The lowest BCUT2D eigenvalue weighted by molar-refractivity contribution is 0.0309. The lowest BCUT2D eigenvalue weighted by atomic mass is 10.2. The van der Waals surface area contributed by atoms with Gasteiger partial charge in [-0.2, -0.15) is 16.1 Å². The van der Waals surface area contributed by atoms with Crippen LogP contribution in [0.25, 0.3) is 0 Å². The molecule has 1 aromatic carbocycles. The molecule has 0 bridgehead atoms. The van der Waals surface area contributed by atoms with Gasteiger partial charge in [-0.05, 0) is 36.4 Å². The van der Waals surface area contributed by atoms with Gasteiger partial charge >= 0.3 is 0 Å². The smallest absolute Gasteiger partial charge is 0.243 e. The van der Waals surface area contributed by atoms with Gasteiger partial charge in [0, 0.05) is 43.0 Å². The van der Waals surface area contributed by atoms with Gasteiger partial charge in [-0.15, -0.1) is 0 Å². The molecule has 3 rings (SSSR count). The van der Waals surface area contributed by atoms with E-state index < -0.39 is 10.0 Å². The Morgan fingerprint density at radius 3 is 2.58 bits per heavy atom. The number of hydrogen-bond acceptors (Lipinski definition) is 5. The summed E-state index contributed by atoms with van der Waals surface area (Å²) in [5.41, 5.74) is 0. The first-order valence-corrected chi connectivity index (χ1v) is 11.2. The van der Waals surface area contributed by atoms with Gasteiger partial charge in [-0.25, -0.2) is 8.42 Å². The Hall–Kier alpha value is -0.310. The molecule has 134 valence electrons. The summed E-state index contributed by atoms with van der Waals surface area (Å²) in [6.07, 6.45) is 0.886. The molecule has 2 saturated heterocycles. The van der Waals surface area contributed by atoms with Gasteiger partial charge in [0.25, 0.3) is 0 Å². The van der Waals surface area contributed by atoms with Crippen molar-refractivity contribution in [1.29, 1.82) is 0 Å². The highest BCUT2D eigenvalue weighted by atomic mass is 35.5. The van der Waals surface area contributed by atoms with Gasteiger partial charge in [-0.3, -0.25) is 4.90 Å². The van der Waals surface area contributed by atoms with Gasteiger partial charge in [0.15, 0.2) is 0 Å². The Kier molecular flexibility index (Phi) is 6.45. The average molecular weight is 391 g/mol. The van der Waals surface area contributed by atoms with Crippen molar-refractivity contribution in [3.8, 4) is 0 Å². The molecular weight excluding hydrogens is 368 g/mol. The van der Waals surface area contributed by atoms with E-state index in [1.54, 1.807) is 28.6 Å². The maximum absolute atomic E-state index is 13.1. The van der Waals surface area contributed by atoms with Crippen LogP contribution in [0.5, 0.6) is 0 Å². The highest BCUT2D eigenvalue weighted by Gasteiger charge is 2.33. The van der Waals surface area contributed by atoms with Crippen LogP contribution in [0.15, 0.2) is 29.2 Å². The summed E-state index contributed by atoms with van der Waals surface area (Å²) in [5, 5.41) is 0.547. The fourth-order valence-corrected chi connectivity index (χ4v) is 6.02. The number of sulfonamides is 1. The van der Waals surface area contributed by atoms with E-state index in [1.165, 1.54) is 0 Å².